The van der Waals surface area contributed by atoms with Gasteiger partial charge in [0.25, 0.3) is 0 Å². The summed E-state index contributed by atoms with van der Waals surface area (Å²) in [6.07, 6.45) is 0. The lowest BCUT2D eigenvalue weighted by Gasteiger charge is -2.10. The molecule has 1 atom stereocenters. The molecule has 1 N–H and O–H groups in total. The molecule has 0 fully saturated rings. The number of carbonyl (C=O) groups excluding carboxylic acids is 1. The van der Waals surface area contributed by atoms with Gasteiger partial charge in [0.2, 0.25) is 11.0 Å². The van der Waals surface area contributed by atoms with Crippen molar-refractivity contribution >= 4 is 45.9 Å². The number of anilines is 1. The molecule has 23 heavy (non-hydrogen) atoms. The summed E-state index contributed by atoms with van der Waals surface area (Å²) in [5.74, 6) is 2.41. The fraction of sp³-hybridized carbons (Fsp3) is 0.438. The summed E-state index contributed by atoms with van der Waals surface area (Å²) in [5, 5.41) is 11.4. The van der Waals surface area contributed by atoms with Gasteiger partial charge in [-0.1, -0.05) is 67.3 Å². The van der Waals surface area contributed by atoms with Gasteiger partial charge < -0.3 is 0 Å². The minimum atomic E-state index is -0.133. The standard InChI is InChI=1S/C16H21N3OS3/c1-11(2)9-22-16-19-18-15(23-16)17-14(20)12(3)21-10-13-7-5-4-6-8-13/h4-8,11-12H,9-10H2,1-3H3,(H,17,18,20)/t12-/m1/s1. The van der Waals surface area contributed by atoms with Gasteiger partial charge in [0.15, 0.2) is 4.34 Å². The van der Waals surface area contributed by atoms with Crippen LogP contribution in [-0.2, 0) is 10.5 Å². The van der Waals surface area contributed by atoms with Gasteiger partial charge in [-0.2, -0.15) is 0 Å². The fourth-order valence-corrected chi connectivity index (χ4v) is 4.21. The minimum absolute atomic E-state index is 0.0255. The van der Waals surface area contributed by atoms with Crippen molar-refractivity contribution in [2.45, 2.75) is 36.1 Å². The van der Waals surface area contributed by atoms with Crippen LogP contribution in [0.25, 0.3) is 0 Å². The van der Waals surface area contributed by atoms with E-state index in [1.54, 1.807) is 23.5 Å². The molecule has 0 saturated carbocycles. The summed E-state index contributed by atoms with van der Waals surface area (Å²) < 4.78 is 0.901. The molecular formula is C16H21N3OS3. The Labute approximate surface area is 149 Å². The zero-order valence-corrected chi connectivity index (χ0v) is 15.9. The average molecular weight is 368 g/mol. The lowest BCUT2D eigenvalue weighted by molar-refractivity contribution is -0.115. The molecule has 0 unspecified atom stereocenters. The molecule has 0 aliphatic heterocycles. The van der Waals surface area contributed by atoms with Crippen LogP contribution in [0.5, 0.6) is 0 Å². The number of hydrogen-bond acceptors (Lipinski definition) is 6. The van der Waals surface area contributed by atoms with E-state index in [9.17, 15) is 4.79 Å². The number of nitrogens with one attached hydrogen (secondary N) is 1. The van der Waals surface area contributed by atoms with Gasteiger partial charge in [0.1, 0.15) is 0 Å². The third kappa shape index (κ3) is 6.53. The van der Waals surface area contributed by atoms with Crippen molar-refractivity contribution in [3.63, 3.8) is 0 Å². The number of benzene rings is 1. The van der Waals surface area contributed by atoms with Gasteiger partial charge in [-0.05, 0) is 18.4 Å². The molecule has 0 aliphatic carbocycles. The van der Waals surface area contributed by atoms with E-state index in [0.29, 0.717) is 11.0 Å². The smallest absolute Gasteiger partial charge is 0.239 e. The third-order valence-electron chi connectivity index (χ3n) is 2.89. The summed E-state index contributed by atoms with van der Waals surface area (Å²) in [4.78, 5) is 12.2. The van der Waals surface area contributed by atoms with Crippen LogP contribution in [-0.4, -0.2) is 27.1 Å². The second kappa shape index (κ2) is 9.30. The molecule has 7 heteroatoms. The molecule has 0 aliphatic rings. The van der Waals surface area contributed by atoms with Crippen LogP contribution in [0.15, 0.2) is 34.7 Å². The number of nitrogens with zero attached hydrogens (tertiary/aromatic N) is 2. The van der Waals surface area contributed by atoms with Crippen molar-refractivity contribution in [2.24, 2.45) is 5.92 Å². The highest BCUT2D eigenvalue weighted by Gasteiger charge is 2.16. The molecule has 1 aromatic heterocycles. The number of hydrogen-bond donors (Lipinski definition) is 1. The van der Waals surface area contributed by atoms with E-state index in [4.69, 9.17) is 0 Å². The molecule has 0 bridgehead atoms. The normalized spacial score (nSPS) is 12.3. The summed E-state index contributed by atoms with van der Waals surface area (Å²) in [7, 11) is 0. The number of thioether (sulfide) groups is 2. The van der Waals surface area contributed by atoms with Crippen molar-refractivity contribution in [1.82, 2.24) is 10.2 Å². The van der Waals surface area contributed by atoms with E-state index in [-0.39, 0.29) is 11.2 Å². The summed E-state index contributed by atoms with van der Waals surface area (Å²) in [6.45, 7) is 6.25. The number of amides is 1. The Hall–Kier alpha value is -1.05. The Balaban J connectivity index is 1.79. The molecule has 124 valence electrons. The predicted octanol–water partition coefficient (Wildman–Crippen LogP) is 4.55. The maximum absolute atomic E-state index is 12.2. The highest BCUT2D eigenvalue weighted by molar-refractivity contribution is 8.01. The second-order valence-corrected chi connectivity index (χ2v) is 9.08. The molecule has 2 aromatic rings. The molecule has 1 heterocycles. The quantitative estimate of drug-likeness (QED) is 0.548. The van der Waals surface area contributed by atoms with E-state index in [1.165, 1.54) is 16.9 Å². The van der Waals surface area contributed by atoms with Crippen LogP contribution in [0.4, 0.5) is 5.13 Å². The third-order valence-corrected chi connectivity index (χ3v) is 6.50. The monoisotopic (exact) mass is 367 g/mol. The van der Waals surface area contributed by atoms with E-state index >= 15 is 0 Å². The van der Waals surface area contributed by atoms with Crippen molar-refractivity contribution in [2.75, 3.05) is 11.1 Å². The van der Waals surface area contributed by atoms with Gasteiger partial charge in [0, 0.05) is 11.5 Å². The summed E-state index contributed by atoms with van der Waals surface area (Å²) >= 11 is 4.73. The Morgan fingerprint density at radius 1 is 1.22 bits per heavy atom. The first-order chi connectivity index (χ1) is 11.0. The summed E-state index contributed by atoms with van der Waals surface area (Å²) in [6, 6.07) is 10.2. The first-order valence-corrected chi connectivity index (χ1v) is 10.3. The zero-order chi connectivity index (χ0) is 16.7. The lowest BCUT2D eigenvalue weighted by atomic mass is 10.2. The highest BCUT2D eigenvalue weighted by atomic mass is 32.2. The SMILES string of the molecule is CC(C)CSc1nnc(NC(=O)[C@@H](C)SCc2ccccc2)s1. The Morgan fingerprint density at radius 3 is 2.65 bits per heavy atom. The molecule has 0 saturated heterocycles. The Kier molecular flexibility index (Phi) is 7.39. The molecule has 4 nitrogen and oxygen atoms in total. The Bertz CT molecular complexity index is 616. The van der Waals surface area contributed by atoms with Crippen molar-refractivity contribution in [3.05, 3.63) is 35.9 Å². The first kappa shape index (κ1) is 18.3. The number of rotatable bonds is 8. The average Bonchev–Trinajstić information content (AvgIpc) is 2.99. The van der Waals surface area contributed by atoms with E-state index in [0.717, 1.165) is 15.8 Å². The lowest BCUT2D eigenvalue weighted by Crippen LogP contribution is -2.22. The van der Waals surface area contributed by atoms with Crippen molar-refractivity contribution < 1.29 is 4.79 Å². The van der Waals surface area contributed by atoms with Crippen LogP contribution < -0.4 is 5.32 Å². The minimum Gasteiger partial charge on any atom is -0.300 e. The van der Waals surface area contributed by atoms with E-state index in [2.05, 4.69) is 41.5 Å². The van der Waals surface area contributed by atoms with E-state index < -0.39 is 0 Å². The predicted molar refractivity (Wildman–Crippen MR) is 101 cm³/mol. The van der Waals surface area contributed by atoms with Crippen LogP contribution >= 0.6 is 34.9 Å². The van der Waals surface area contributed by atoms with Crippen LogP contribution in [0.3, 0.4) is 0 Å². The van der Waals surface area contributed by atoms with Gasteiger partial charge >= 0.3 is 0 Å². The molecule has 2 rings (SSSR count). The molecule has 0 radical (unpaired) electrons. The van der Waals surface area contributed by atoms with E-state index in [1.807, 2.05) is 25.1 Å². The van der Waals surface area contributed by atoms with Gasteiger partial charge in [0.05, 0.1) is 5.25 Å². The highest BCUT2D eigenvalue weighted by Crippen LogP contribution is 2.27. The second-order valence-electron chi connectivity index (χ2n) is 5.51. The molecule has 1 amide bonds. The van der Waals surface area contributed by atoms with Crippen LogP contribution in [0.2, 0.25) is 0 Å². The van der Waals surface area contributed by atoms with Crippen LogP contribution in [0.1, 0.15) is 26.3 Å². The molecule has 0 spiro atoms. The molecular weight excluding hydrogens is 346 g/mol. The summed E-state index contributed by atoms with van der Waals surface area (Å²) in [5.41, 5.74) is 1.22. The topological polar surface area (TPSA) is 54.9 Å². The van der Waals surface area contributed by atoms with Gasteiger partial charge in [-0.3, -0.25) is 10.1 Å². The van der Waals surface area contributed by atoms with Gasteiger partial charge in [-0.15, -0.1) is 22.0 Å². The largest absolute Gasteiger partial charge is 0.300 e. The number of carbonyl (C=O) groups is 1. The van der Waals surface area contributed by atoms with Crippen molar-refractivity contribution in [3.8, 4) is 0 Å². The van der Waals surface area contributed by atoms with Crippen LogP contribution in [0, 0.1) is 5.92 Å². The maximum Gasteiger partial charge on any atom is 0.239 e. The fourth-order valence-electron chi connectivity index (χ4n) is 1.63. The first-order valence-electron chi connectivity index (χ1n) is 7.47. The zero-order valence-electron chi connectivity index (χ0n) is 13.5. The Morgan fingerprint density at radius 2 is 1.96 bits per heavy atom. The van der Waals surface area contributed by atoms with Crippen molar-refractivity contribution in [1.29, 1.82) is 0 Å². The van der Waals surface area contributed by atoms with Gasteiger partial charge in [-0.25, -0.2) is 0 Å². The maximum atomic E-state index is 12.2. The molecule has 1 aromatic carbocycles. The number of aromatic nitrogens is 2.